The molecule has 0 aliphatic heterocycles. The fraction of sp³-hybridized carbons (Fsp3) is 0.481. The van der Waals surface area contributed by atoms with Gasteiger partial charge in [0.1, 0.15) is 17.6 Å². The number of hydrogen-bond acceptors (Lipinski definition) is 2. The highest BCUT2D eigenvalue weighted by Gasteiger charge is 2.48. The van der Waals surface area contributed by atoms with E-state index in [1.807, 2.05) is 32.0 Å². The molecule has 0 saturated carbocycles. The van der Waals surface area contributed by atoms with Gasteiger partial charge in [0.15, 0.2) is 0 Å². The molecule has 0 aromatic heterocycles. The topological polar surface area (TPSA) is 58.2 Å². The van der Waals surface area contributed by atoms with Crippen molar-refractivity contribution in [3.05, 3.63) is 58.4 Å². The van der Waals surface area contributed by atoms with E-state index in [4.69, 9.17) is 0 Å². The number of nitrogens with one attached hydrogen (secondary N) is 2. The van der Waals surface area contributed by atoms with Gasteiger partial charge in [-0.1, -0.05) is 31.5 Å². The van der Waals surface area contributed by atoms with Crippen LogP contribution in [0.1, 0.15) is 55.9 Å². The van der Waals surface area contributed by atoms with Crippen molar-refractivity contribution in [3.8, 4) is 0 Å². The molecule has 6 heteroatoms. The average Bonchev–Trinajstić information content (AvgIpc) is 2.75. The molecule has 1 unspecified atom stereocenters. The van der Waals surface area contributed by atoms with Crippen LogP contribution in [0.4, 0.5) is 15.8 Å². The molecule has 2 amide bonds. The van der Waals surface area contributed by atoms with Gasteiger partial charge in [-0.25, -0.2) is 4.39 Å². The van der Waals surface area contributed by atoms with Crippen LogP contribution in [-0.4, -0.2) is 36.0 Å². The fourth-order valence-corrected chi connectivity index (χ4v) is 8.73. The number of carbonyl (C=O) groups excluding carboxylic acids is 2. The summed E-state index contributed by atoms with van der Waals surface area (Å²) in [5, 5.41) is 6.22. The highest BCUT2D eigenvalue weighted by atomic mass is 31.2. The fourth-order valence-electron chi connectivity index (χ4n) is 4.72. The summed E-state index contributed by atoms with van der Waals surface area (Å²) in [6.07, 6.45) is 3.62. The standard InChI is InChI=1S/C27H38FN2O2P/c1-8-12-23(27(32)30-26-20(6)15-22(28)16-21(26)7)33(9-2,10-3)17-24(31)29-25-18(4)13-11-14-19(25)5/h11,13-16,23H,8-10,12,17H2,1-7H3,(H-,29,30,31,32)/p+1. The Labute approximate surface area is 199 Å². The number of para-hydroxylation sites is 1. The monoisotopic (exact) mass is 473 g/mol. The smallest absolute Gasteiger partial charge is 0.265 e. The number of amides is 2. The van der Waals surface area contributed by atoms with Crippen molar-refractivity contribution >= 4 is 30.5 Å². The maximum atomic E-state index is 13.8. The van der Waals surface area contributed by atoms with Crippen LogP contribution in [0.5, 0.6) is 0 Å². The summed E-state index contributed by atoms with van der Waals surface area (Å²) in [7, 11) is -1.94. The van der Waals surface area contributed by atoms with E-state index in [9.17, 15) is 14.0 Å². The second-order valence-electron chi connectivity index (χ2n) is 9.03. The van der Waals surface area contributed by atoms with Gasteiger partial charge in [0, 0.05) is 18.6 Å². The molecule has 33 heavy (non-hydrogen) atoms. The Hall–Kier alpha value is -2.26. The Morgan fingerprint density at radius 1 is 0.879 bits per heavy atom. The van der Waals surface area contributed by atoms with Crippen molar-refractivity contribution < 1.29 is 14.0 Å². The normalized spacial score (nSPS) is 12.4. The van der Waals surface area contributed by atoms with Gasteiger partial charge in [-0.05, 0) is 82.3 Å². The molecule has 0 saturated heterocycles. The number of hydrogen-bond donors (Lipinski definition) is 2. The van der Waals surface area contributed by atoms with Crippen LogP contribution in [0.2, 0.25) is 0 Å². The van der Waals surface area contributed by atoms with Crippen LogP contribution in [0.15, 0.2) is 30.3 Å². The van der Waals surface area contributed by atoms with Gasteiger partial charge in [0.2, 0.25) is 0 Å². The summed E-state index contributed by atoms with van der Waals surface area (Å²) in [5.74, 6) is -0.376. The lowest BCUT2D eigenvalue weighted by Crippen LogP contribution is -2.36. The minimum atomic E-state index is -1.94. The van der Waals surface area contributed by atoms with E-state index in [0.717, 1.165) is 42.0 Å². The molecule has 0 spiro atoms. The lowest BCUT2D eigenvalue weighted by Gasteiger charge is -2.32. The molecule has 2 rings (SSSR count). The zero-order valence-electron chi connectivity index (χ0n) is 21.1. The maximum absolute atomic E-state index is 13.8. The number of rotatable bonds is 10. The Balaban J connectivity index is 2.33. The third kappa shape index (κ3) is 6.41. The van der Waals surface area contributed by atoms with Gasteiger partial charge in [-0.2, -0.15) is 0 Å². The second kappa shape index (κ2) is 11.7. The van der Waals surface area contributed by atoms with Gasteiger partial charge in [-0.15, -0.1) is 0 Å². The van der Waals surface area contributed by atoms with Gasteiger partial charge < -0.3 is 10.6 Å². The van der Waals surface area contributed by atoms with Gasteiger partial charge in [-0.3, -0.25) is 9.59 Å². The lowest BCUT2D eigenvalue weighted by atomic mass is 10.1. The molecule has 4 nitrogen and oxygen atoms in total. The van der Waals surface area contributed by atoms with E-state index in [1.165, 1.54) is 12.1 Å². The van der Waals surface area contributed by atoms with Crippen LogP contribution in [0.3, 0.4) is 0 Å². The van der Waals surface area contributed by atoms with Crippen molar-refractivity contribution in [2.24, 2.45) is 0 Å². The predicted molar refractivity (Wildman–Crippen MR) is 141 cm³/mol. The molecule has 0 fully saturated rings. The maximum Gasteiger partial charge on any atom is 0.265 e. The van der Waals surface area contributed by atoms with Crippen LogP contribution < -0.4 is 10.6 Å². The minimum absolute atomic E-state index is 0.0209. The molecule has 0 aliphatic rings. The number of benzene rings is 2. The number of carbonyl (C=O) groups is 2. The van der Waals surface area contributed by atoms with E-state index < -0.39 is 7.26 Å². The first-order valence-electron chi connectivity index (χ1n) is 11.9. The summed E-state index contributed by atoms with van der Waals surface area (Å²) in [6.45, 7) is 13.9. The van der Waals surface area contributed by atoms with Crippen LogP contribution in [0, 0.1) is 33.5 Å². The van der Waals surface area contributed by atoms with E-state index in [2.05, 4.69) is 31.4 Å². The van der Waals surface area contributed by atoms with Crippen molar-refractivity contribution in [3.63, 3.8) is 0 Å². The van der Waals surface area contributed by atoms with Gasteiger partial charge in [0.25, 0.3) is 11.8 Å². The summed E-state index contributed by atoms with van der Waals surface area (Å²) < 4.78 is 13.8. The molecule has 2 aromatic rings. The van der Waals surface area contributed by atoms with Gasteiger partial charge in [0.05, 0.1) is 12.3 Å². The summed E-state index contributed by atoms with van der Waals surface area (Å²) >= 11 is 0. The summed E-state index contributed by atoms with van der Waals surface area (Å²) in [6, 6.07) is 8.85. The first-order valence-corrected chi connectivity index (χ1v) is 14.3. The third-order valence-electron chi connectivity index (χ3n) is 6.74. The van der Waals surface area contributed by atoms with Crippen LogP contribution in [0.25, 0.3) is 0 Å². The zero-order chi connectivity index (χ0) is 24.8. The van der Waals surface area contributed by atoms with Crippen molar-refractivity contribution in [1.29, 1.82) is 0 Å². The van der Waals surface area contributed by atoms with E-state index in [0.29, 0.717) is 23.0 Å². The SMILES string of the molecule is CCCC(C(=O)Nc1c(C)cc(F)cc1C)[P+](CC)(CC)CC(=O)Nc1c(C)cccc1C. The predicted octanol–water partition coefficient (Wildman–Crippen LogP) is 6.86. The largest absolute Gasteiger partial charge is 0.322 e. The van der Waals surface area contributed by atoms with Crippen molar-refractivity contribution in [2.75, 3.05) is 29.1 Å². The number of aryl methyl sites for hydroxylation is 4. The van der Waals surface area contributed by atoms with Crippen molar-refractivity contribution in [1.82, 2.24) is 0 Å². The molecular formula is C27H39FN2O2P+. The Morgan fingerprint density at radius 2 is 1.39 bits per heavy atom. The molecule has 0 aliphatic carbocycles. The van der Waals surface area contributed by atoms with Crippen molar-refractivity contribution in [2.45, 2.75) is 67.0 Å². The van der Waals surface area contributed by atoms with E-state index in [1.54, 1.807) is 13.8 Å². The first-order chi connectivity index (χ1) is 15.6. The summed E-state index contributed by atoms with van der Waals surface area (Å²) in [4.78, 5) is 26.8. The Morgan fingerprint density at radius 3 is 1.88 bits per heavy atom. The Kier molecular flexibility index (Phi) is 9.60. The van der Waals surface area contributed by atoms with Crippen LogP contribution >= 0.6 is 7.26 Å². The molecule has 0 radical (unpaired) electrons. The highest BCUT2D eigenvalue weighted by molar-refractivity contribution is 7.78. The lowest BCUT2D eigenvalue weighted by molar-refractivity contribution is -0.116. The molecule has 2 N–H and O–H groups in total. The quantitative estimate of drug-likeness (QED) is 0.370. The molecule has 0 heterocycles. The average molecular weight is 474 g/mol. The Bertz CT molecular complexity index is 958. The second-order valence-corrected chi connectivity index (χ2v) is 13.7. The van der Waals surface area contributed by atoms with E-state index >= 15 is 0 Å². The molecular weight excluding hydrogens is 434 g/mol. The van der Waals surface area contributed by atoms with E-state index in [-0.39, 0.29) is 23.3 Å². The van der Waals surface area contributed by atoms with Gasteiger partial charge >= 0.3 is 0 Å². The third-order valence-corrected chi connectivity index (χ3v) is 12.0. The summed E-state index contributed by atoms with van der Waals surface area (Å²) in [5.41, 5.74) is 4.80. The zero-order valence-corrected chi connectivity index (χ0v) is 22.0. The highest BCUT2D eigenvalue weighted by Crippen LogP contribution is 2.63. The van der Waals surface area contributed by atoms with Crippen LogP contribution in [-0.2, 0) is 9.59 Å². The first kappa shape index (κ1) is 27.0. The minimum Gasteiger partial charge on any atom is -0.322 e. The number of halogens is 1. The number of anilines is 2. The molecule has 180 valence electrons. The molecule has 1 atom stereocenters. The molecule has 0 bridgehead atoms. The molecule has 2 aromatic carbocycles.